The van der Waals surface area contributed by atoms with Crippen molar-refractivity contribution >= 4 is 5.91 Å². The Morgan fingerprint density at radius 1 is 1.32 bits per heavy atom. The van der Waals surface area contributed by atoms with Crippen LogP contribution >= 0.6 is 0 Å². The Balaban J connectivity index is 1.63. The van der Waals surface area contributed by atoms with Crippen LogP contribution in [0.2, 0.25) is 0 Å². The van der Waals surface area contributed by atoms with E-state index in [1.165, 1.54) is 25.5 Å². The molecule has 1 aliphatic rings. The summed E-state index contributed by atoms with van der Waals surface area (Å²) in [5.74, 6) is 1.38. The highest BCUT2D eigenvalue weighted by Crippen LogP contribution is 2.35. The molecule has 0 aromatic carbocycles. The van der Waals surface area contributed by atoms with Gasteiger partial charge in [0.15, 0.2) is 0 Å². The van der Waals surface area contributed by atoms with Gasteiger partial charge in [0.1, 0.15) is 12.4 Å². The van der Waals surface area contributed by atoms with E-state index in [2.05, 4.69) is 15.5 Å². The number of nitrogens with one attached hydrogen (secondary N) is 1. The molecule has 152 valence electrons. The van der Waals surface area contributed by atoms with Gasteiger partial charge >= 0.3 is 0 Å². The number of rotatable bonds is 7. The van der Waals surface area contributed by atoms with E-state index >= 15 is 0 Å². The zero-order valence-corrected chi connectivity index (χ0v) is 16.8. The van der Waals surface area contributed by atoms with Crippen molar-refractivity contribution in [1.29, 1.82) is 0 Å². The van der Waals surface area contributed by atoms with E-state index < -0.39 is 5.54 Å². The fourth-order valence-electron chi connectivity index (χ4n) is 3.45. The molecule has 0 spiro atoms. The van der Waals surface area contributed by atoms with Crippen molar-refractivity contribution in [1.82, 2.24) is 15.5 Å². The summed E-state index contributed by atoms with van der Waals surface area (Å²) in [4.78, 5) is 16.4. The average Bonchev–Trinajstić information content (AvgIpc) is 3.07. The number of hydrogen-bond donors (Lipinski definition) is 2. The smallest absolute Gasteiger partial charge is 0.253 e. The highest BCUT2D eigenvalue weighted by atomic mass is 16.5. The van der Waals surface area contributed by atoms with Crippen LogP contribution < -0.4 is 10.1 Å². The van der Waals surface area contributed by atoms with E-state index in [0.29, 0.717) is 24.0 Å². The molecule has 0 atom stereocenters. The van der Waals surface area contributed by atoms with Gasteiger partial charge in [-0.05, 0) is 39.7 Å². The maximum absolute atomic E-state index is 12.2. The summed E-state index contributed by atoms with van der Waals surface area (Å²) in [6, 6.07) is 3.33. The molecular weight excluding hydrogens is 358 g/mol. The number of hydrogen-bond acceptors (Lipinski definition) is 6. The number of aliphatic hydroxyl groups excluding tert-OH is 1. The first-order chi connectivity index (χ1) is 13.4. The Hall–Kier alpha value is -2.41. The minimum atomic E-state index is -0.687. The number of amides is 1. The molecule has 2 N–H and O–H groups in total. The van der Waals surface area contributed by atoms with E-state index in [1.807, 2.05) is 6.92 Å². The summed E-state index contributed by atoms with van der Waals surface area (Å²) in [6.45, 7) is 5.61. The average molecular weight is 387 g/mol. The summed E-state index contributed by atoms with van der Waals surface area (Å²) in [5.41, 5.74) is 1.74. The number of aliphatic hydroxyl groups is 1. The summed E-state index contributed by atoms with van der Waals surface area (Å²) in [5, 5.41) is 16.3. The van der Waals surface area contributed by atoms with Crippen molar-refractivity contribution in [2.24, 2.45) is 0 Å². The second-order valence-electron chi connectivity index (χ2n) is 8.11. The highest BCUT2D eigenvalue weighted by Gasteiger charge is 2.24. The molecular formula is C21H29N3O4. The first-order valence-electron chi connectivity index (χ1n) is 9.87. The summed E-state index contributed by atoms with van der Waals surface area (Å²) < 4.78 is 11.3. The number of pyridine rings is 1. The predicted molar refractivity (Wildman–Crippen MR) is 104 cm³/mol. The fraction of sp³-hybridized carbons (Fsp3) is 0.571. The summed E-state index contributed by atoms with van der Waals surface area (Å²) in [6.07, 6.45) is 7.51. The third-order valence-electron chi connectivity index (χ3n) is 5.22. The van der Waals surface area contributed by atoms with Crippen molar-refractivity contribution in [2.75, 3.05) is 6.61 Å². The lowest BCUT2D eigenvalue weighted by molar-refractivity contribution is 0.0869. The van der Waals surface area contributed by atoms with Gasteiger partial charge in [-0.1, -0.05) is 24.4 Å². The van der Waals surface area contributed by atoms with Gasteiger partial charge in [-0.2, -0.15) is 0 Å². The lowest BCUT2D eigenvalue weighted by Gasteiger charge is -2.23. The molecule has 7 heteroatoms. The quantitative estimate of drug-likeness (QED) is 0.755. The Morgan fingerprint density at radius 3 is 2.71 bits per heavy atom. The number of aryl methyl sites for hydroxylation is 1. The third kappa shape index (κ3) is 4.90. The van der Waals surface area contributed by atoms with Gasteiger partial charge in [0.05, 0.1) is 29.0 Å². The van der Waals surface area contributed by atoms with Crippen molar-refractivity contribution in [3.8, 4) is 5.88 Å². The standard InChI is InChI=1S/C21H29N3O4/c1-14-17(19(24-28-14)15-7-5-4-6-8-15)12-27-18-10-9-16(11-22-18)20(26)23-21(2,3)13-25/h9-11,15,25H,4-8,12-13H2,1-3H3,(H,23,26). The predicted octanol–water partition coefficient (Wildman–Crippen LogP) is 3.51. The maximum Gasteiger partial charge on any atom is 0.253 e. The van der Waals surface area contributed by atoms with E-state index in [4.69, 9.17) is 9.26 Å². The first kappa shape index (κ1) is 20.3. The zero-order chi connectivity index (χ0) is 20.1. The summed E-state index contributed by atoms with van der Waals surface area (Å²) >= 11 is 0. The number of carbonyl (C=O) groups is 1. The van der Waals surface area contributed by atoms with Gasteiger partial charge in [0.25, 0.3) is 5.91 Å². The van der Waals surface area contributed by atoms with Gasteiger partial charge in [-0.25, -0.2) is 4.98 Å². The molecule has 1 amide bonds. The Morgan fingerprint density at radius 2 is 2.07 bits per heavy atom. The van der Waals surface area contributed by atoms with Crippen LogP contribution in [0.4, 0.5) is 0 Å². The lowest BCUT2D eigenvalue weighted by atomic mass is 9.85. The van der Waals surface area contributed by atoms with Gasteiger partial charge in [-0.15, -0.1) is 0 Å². The van der Waals surface area contributed by atoms with E-state index in [0.717, 1.165) is 29.9 Å². The van der Waals surface area contributed by atoms with Crippen molar-refractivity contribution in [3.63, 3.8) is 0 Å². The molecule has 3 rings (SSSR count). The van der Waals surface area contributed by atoms with Crippen LogP contribution in [0.25, 0.3) is 0 Å². The Bertz CT molecular complexity index is 792. The van der Waals surface area contributed by atoms with Crippen LogP contribution in [0.15, 0.2) is 22.9 Å². The van der Waals surface area contributed by atoms with Crippen molar-refractivity contribution in [2.45, 2.75) is 70.9 Å². The molecule has 1 fully saturated rings. The largest absolute Gasteiger partial charge is 0.473 e. The molecule has 0 aliphatic heterocycles. The number of aromatic nitrogens is 2. The zero-order valence-electron chi connectivity index (χ0n) is 16.8. The van der Waals surface area contributed by atoms with Crippen molar-refractivity contribution < 1.29 is 19.2 Å². The number of nitrogens with zero attached hydrogens (tertiary/aromatic N) is 2. The molecule has 0 bridgehead atoms. The van der Waals surface area contributed by atoms with Gasteiger partial charge in [-0.3, -0.25) is 4.79 Å². The second-order valence-corrected chi connectivity index (χ2v) is 8.11. The molecule has 7 nitrogen and oxygen atoms in total. The number of carbonyl (C=O) groups excluding carboxylic acids is 1. The molecule has 0 unspecified atom stereocenters. The maximum atomic E-state index is 12.2. The third-order valence-corrected chi connectivity index (χ3v) is 5.22. The van der Waals surface area contributed by atoms with E-state index in [9.17, 15) is 9.90 Å². The normalized spacial score (nSPS) is 15.4. The number of ether oxygens (including phenoxy) is 1. The van der Waals surface area contributed by atoms with Crippen LogP contribution in [-0.4, -0.2) is 33.3 Å². The van der Waals surface area contributed by atoms with E-state index in [-0.39, 0.29) is 12.5 Å². The topological polar surface area (TPSA) is 97.5 Å². The van der Waals surface area contributed by atoms with Gasteiger partial charge in [0.2, 0.25) is 5.88 Å². The van der Waals surface area contributed by atoms with Crippen molar-refractivity contribution in [3.05, 3.63) is 40.9 Å². The SMILES string of the molecule is Cc1onc(C2CCCCC2)c1COc1ccc(C(=O)NC(C)(C)CO)cn1. The highest BCUT2D eigenvalue weighted by molar-refractivity contribution is 5.94. The molecule has 28 heavy (non-hydrogen) atoms. The fourth-order valence-corrected chi connectivity index (χ4v) is 3.45. The lowest BCUT2D eigenvalue weighted by Crippen LogP contribution is -2.46. The van der Waals surface area contributed by atoms with Crippen LogP contribution in [0.1, 0.15) is 79.2 Å². The van der Waals surface area contributed by atoms with E-state index in [1.54, 1.807) is 26.0 Å². The monoisotopic (exact) mass is 387 g/mol. The van der Waals surface area contributed by atoms with Crippen LogP contribution in [0.3, 0.4) is 0 Å². The minimum absolute atomic E-state index is 0.144. The molecule has 1 saturated carbocycles. The molecule has 2 aromatic rings. The molecule has 2 aromatic heterocycles. The minimum Gasteiger partial charge on any atom is -0.473 e. The van der Waals surface area contributed by atoms with Gasteiger partial charge < -0.3 is 19.7 Å². The van der Waals surface area contributed by atoms with Gasteiger partial charge in [0, 0.05) is 18.2 Å². The molecule has 1 aliphatic carbocycles. The summed E-state index contributed by atoms with van der Waals surface area (Å²) in [7, 11) is 0. The molecule has 0 radical (unpaired) electrons. The van der Waals surface area contributed by atoms with Crippen LogP contribution in [0, 0.1) is 6.92 Å². The first-order valence-corrected chi connectivity index (χ1v) is 9.87. The molecule has 2 heterocycles. The van der Waals surface area contributed by atoms with Crippen LogP contribution in [-0.2, 0) is 6.61 Å². The second kappa shape index (κ2) is 8.73. The Labute approximate surface area is 165 Å². The van der Waals surface area contributed by atoms with Crippen LogP contribution in [0.5, 0.6) is 5.88 Å². The molecule has 0 saturated heterocycles. The Kier molecular flexibility index (Phi) is 6.34.